The van der Waals surface area contributed by atoms with Gasteiger partial charge in [0.05, 0.1) is 6.42 Å². The number of amides is 2. The fourth-order valence-electron chi connectivity index (χ4n) is 3.43. The molecule has 5 nitrogen and oxygen atoms in total. The molecule has 1 aliphatic heterocycles. The maximum Gasteiger partial charge on any atom is 0.573 e. The van der Waals surface area contributed by atoms with Crippen molar-refractivity contribution in [2.75, 3.05) is 19.6 Å². The molecule has 0 aliphatic carbocycles. The molecule has 30 heavy (non-hydrogen) atoms. The molecule has 1 N–H and O–H groups in total. The van der Waals surface area contributed by atoms with Gasteiger partial charge in [-0.05, 0) is 29.7 Å². The van der Waals surface area contributed by atoms with Gasteiger partial charge in [-0.1, -0.05) is 42.5 Å². The van der Waals surface area contributed by atoms with Gasteiger partial charge in [0.15, 0.2) is 0 Å². The summed E-state index contributed by atoms with van der Waals surface area (Å²) in [6, 6.07) is 15.1. The fourth-order valence-corrected chi connectivity index (χ4v) is 3.43. The van der Waals surface area contributed by atoms with Crippen LogP contribution < -0.4 is 10.1 Å². The van der Waals surface area contributed by atoms with Crippen LogP contribution in [0, 0.1) is 5.92 Å². The van der Waals surface area contributed by atoms with Crippen molar-refractivity contribution in [2.45, 2.75) is 25.6 Å². The number of ether oxygens (including phenoxy) is 1. The van der Waals surface area contributed by atoms with E-state index in [9.17, 15) is 22.8 Å². The zero-order chi connectivity index (χ0) is 21.6. The maximum absolute atomic E-state index is 12.2. The van der Waals surface area contributed by atoms with Crippen molar-refractivity contribution in [3.8, 4) is 5.75 Å². The third kappa shape index (κ3) is 6.79. The first-order chi connectivity index (χ1) is 14.3. The van der Waals surface area contributed by atoms with E-state index in [-0.39, 0.29) is 29.9 Å². The van der Waals surface area contributed by atoms with Gasteiger partial charge in [0.25, 0.3) is 0 Å². The Morgan fingerprint density at radius 1 is 1.07 bits per heavy atom. The van der Waals surface area contributed by atoms with Crippen molar-refractivity contribution in [3.63, 3.8) is 0 Å². The molecule has 0 spiro atoms. The third-order valence-corrected chi connectivity index (χ3v) is 4.92. The molecule has 2 aromatic rings. The van der Waals surface area contributed by atoms with Gasteiger partial charge >= 0.3 is 6.36 Å². The van der Waals surface area contributed by atoms with Gasteiger partial charge < -0.3 is 15.0 Å². The lowest BCUT2D eigenvalue weighted by Crippen LogP contribution is -2.32. The molecular weight excluding hydrogens is 397 g/mol. The van der Waals surface area contributed by atoms with Crippen molar-refractivity contribution >= 4 is 11.8 Å². The molecule has 8 heteroatoms. The van der Waals surface area contributed by atoms with Crippen LogP contribution in [0.2, 0.25) is 0 Å². The van der Waals surface area contributed by atoms with E-state index < -0.39 is 6.36 Å². The lowest BCUT2D eigenvalue weighted by atomic mass is 10.1. The second kappa shape index (κ2) is 9.65. The summed E-state index contributed by atoms with van der Waals surface area (Å²) in [5.41, 5.74) is 1.75. The Bertz CT molecular complexity index is 854. The van der Waals surface area contributed by atoms with Crippen molar-refractivity contribution in [1.82, 2.24) is 10.2 Å². The number of carbonyl (C=O) groups excluding carboxylic acids is 2. The van der Waals surface area contributed by atoms with Gasteiger partial charge in [-0.2, -0.15) is 0 Å². The van der Waals surface area contributed by atoms with Gasteiger partial charge in [-0.25, -0.2) is 0 Å². The standard InChI is InChI=1S/C22H23F3N2O3/c23-22(24,25)30-19-8-6-17(7-9-19)12-20(28)26-14-18-13-21(29)27(15-18)11-10-16-4-2-1-3-5-16/h1-9,18H,10-15H2,(H,26,28)/t18-/m1/s1. The van der Waals surface area contributed by atoms with E-state index >= 15 is 0 Å². The van der Waals surface area contributed by atoms with Crippen LogP contribution in [-0.2, 0) is 22.4 Å². The van der Waals surface area contributed by atoms with E-state index in [1.807, 2.05) is 35.2 Å². The molecule has 2 amide bonds. The summed E-state index contributed by atoms with van der Waals surface area (Å²) < 4.78 is 40.3. The average molecular weight is 420 g/mol. The van der Waals surface area contributed by atoms with Crippen molar-refractivity contribution in [1.29, 1.82) is 0 Å². The summed E-state index contributed by atoms with van der Waals surface area (Å²) in [6.07, 6.45) is -3.50. The minimum absolute atomic E-state index is 0.0463. The molecule has 0 radical (unpaired) electrons. The number of nitrogens with one attached hydrogen (secondary N) is 1. The summed E-state index contributed by atoms with van der Waals surface area (Å²) in [5.74, 6) is -0.424. The molecule has 0 unspecified atom stereocenters. The Balaban J connectivity index is 1.40. The Kier molecular flexibility index (Phi) is 6.97. The van der Waals surface area contributed by atoms with Gasteiger partial charge in [0, 0.05) is 32.0 Å². The molecule has 1 atom stereocenters. The van der Waals surface area contributed by atoms with Crippen LogP contribution in [0.1, 0.15) is 17.5 Å². The van der Waals surface area contributed by atoms with E-state index in [1.54, 1.807) is 0 Å². The predicted molar refractivity (Wildman–Crippen MR) is 105 cm³/mol. The van der Waals surface area contributed by atoms with Gasteiger partial charge in [0.2, 0.25) is 11.8 Å². The molecule has 0 aromatic heterocycles. The molecule has 1 fully saturated rings. The smallest absolute Gasteiger partial charge is 0.406 e. The number of rotatable bonds is 8. The molecule has 0 bridgehead atoms. The number of hydrogen-bond acceptors (Lipinski definition) is 3. The molecule has 1 heterocycles. The molecule has 2 aromatic carbocycles. The van der Waals surface area contributed by atoms with Crippen LogP contribution in [0.4, 0.5) is 13.2 Å². The van der Waals surface area contributed by atoms with Crippen LogP contribution in [0.25, 0.3) is 0 Å². The normalized spacial score (nSPS) is 16.6. The monoisotopic (exact) mass is 420 g/mol. The highest BCUT2D eigenvalue weighted by Gasteiger charge is 2.31. The molecule has 3 rings (SSSR count). The maximum atomic E-state index is 12.2. The number of hydrogen-bond donors (Lipinski definition) is 1. The Labute approximate surface area is 172 Å². The minimum atomic E-state index is -4.74. The highest BCUT2D eigenvalue weighted by atomic mass is 19.4. The lowest BCUT2D eigenvalue weighted by molar-refractivity contribution is -0.274. The highest BCUT2D eigenvalue weighted by Crippen LogP contribution is 2.23. The second-order valence-corrected chi connectivity index (χ2v) is 7.32. The van der Waals surface area contributed by atoms with Crippen molar-refractivity contribution < 1.29 is 27.5 Å². The first kappa shape index (κ1) is 21.7. The first-order valence-corrected chi connectivity index (χ1v) is 9.71. The van der Waals surface area contributed by atoms with Crippen LogP contribution in [0.15, 0.2) is 54.6 Å². The van der Waals surface area contributed by atoms with Crippen LogP contribution in [0.3, 0.4) is 0 Å². The Morgan fingerprint density at radius 2 is 1.77 bits per heavy atom. The Morgan fingerprint density at radius 3 is 2.43 bits per heavy atom. The highest BCUT2D eigenvalue weighted by molar-refractivity contribution is 5.80. The molecule has 160 valence electrons. The SMILES string of the molecule is O=C(Cc1ccc(OC(F)(F)F)cc1)NC[C@H]1CC(=O)N(CCc2ccccc2)C1. The zero-order valence-electron chi connectivity index (χ0n) is 16.3. The van der Waals surface area contributed by atoms with Crippen LogP contribution >= 0.6 is 0 Å². The number of alkyl halides is 3. The topological polar surface area (TPSA) is 58.6 Å². The first-order valence-electron chi connectivity index (χ1n) is 9.71. The summed E-state index contributed by atoms with van der Waals surface area (Å²) in [5, 5.41) is 2.81. The quantitative estimate of drug-likeness (QED) is 0.713. The van der Waals surface area contributed by atoms with E-state index in [0.717, 1.165) is 6.42 Å². The van der Waals surface area contributed by atoms with E-state index in [4.69, 9.17) is 0 Å². The fraction of sp³-hybridized carbons (Fsp3) is 0.364. The summed E-state index contributed by atoms with van der Waals surface area (Å²) >= 11 is 0. The van der Waals surface area contributed by atoms with Crippen molar-refractivity contribution in [2.24, 2.45) is 5.92 Å². The molecule has 0 saturated carbocycles. The number of likely N-dealkylation sites (tertiary alicyclic amines) is 1. The third-order valence-electron chi connectivity index (χ3n) is 4.92. The second-order valence-electron chi connectivity index (χ2n) is 7.32. The summed E-state index contributed by atoms with van der Waals surface area (Å²) in [6.45, 7) is 1.65. The predicted octanol–water partition coefficient (Wildman–Crippen LogP) is 3.34. The van der Waals surface area contributed by atoms with Gasteiger partial charge in [-0.3, -0.25) is 9.59 Å². The number of halogens is 3. The zero-order valence-corrected chi connectivity index (χ0v) is 16.3. The van der Waals surface area contributed by atoms with E-state index in [2.05, 4.69) is 10.1 Å². The average Bonchev–Trinajstić information content (AvgIpc) is 3.06. The minimum Gasteiger partial charge on any atom is -0.406 e. The van der Waals surface area contributed by atoms with E-state index in [0.29, 0.717) is 31.6 Å². The van der Waals surface area contributed by atoms with Crippen LogP contribution in [0.5, 0.6) is 5.75 Å². The molecule has 1 saturated heterocycles. The van der Waals surface area contributed by atoms with Crippen molar-refractivity contribution in [3.05, 3.63) is 65.7 Å². The van der Waals surface area contributed by atoms with E-state index in [1.165, 1.54) is 29.8 Å². The lowest BCUT2D eigenvalue weighted by Gasteiger charge is -2.17. The van der Waals surface area contributed by atoms with Crippen LogP contribution in [-0.4, -0.2) is 42.7 Å². The molecular formula is C22H23F3N2O3. The largest absolute Gasteiger partial charge is 0.573 e. The Hall–Kier alpha value is -3.03. The number of nitrogens with zero attached hydrogens (tertiary/aromatic N) is 1. The van der Waals surface area contributed by atoms with Gasteiger partial charge in [0.1, 0.15) is 5.75 Å². The summed E-state index contributed by atoms with van der Waals surface area (Å²) in [7, 11) is 0. The van der Waals surface area contributed by atoms with Gasteiger partial charge in [-0.15, -0.1) is 13.2 Å². The summed E-state index contributed by atoms with van der Waals surface area (Å²) in [4.78, 5) is 26.2. The molecule has 1 aliphatic rings. The number of benzene rings is 2. The number of carbonyl (C=O) groups is 2.